The molecule has 0 amide bonds. The van der Waals surface area contributed by atoms with E-state index in [0.717, 1.165) is 30.3 Å². The Labute approximate surface area is 142 Å². The zero-order chi connectivity index (χ0) is 18.4. The maximum atomic E-state index is 12.0. The van der Waals surface area contributed by atoms with E-state index in [2.05, 4.69) is 4.72 Å². The lowest BCUT2D eigenvalue weighted by atomic mass is 10.2. The number of nitrogens with zero attached hydrogens (tertiary/aromatic N) is 1. The summed E-state index contributed by atoms with van der Waals surface area (Å²) in [5.74, 6) is -1.49. The van der Waals surface area contributed by atoms with Crippen LogP contribution in [0.4, 0.5) is 11.4 Å². The number of hydrogen-bond acceptors (Lipinski definition) is 7. The first-order chi connectivity index (χ1) is 11.7. The third-order valence-electron chi connectivity index (χ3n) is 2.79. The van der Waals surface area contributed by atoms with Crippen molar-refractivity contribution in [3.05, 3.63) is 70.3 Å². The monoisotopic (exact) mass is 363 g/mol. The first kappa shape index (κ1) is 17.9. The molecule has 2 rings (SSSR count). The van der Waals surface area contributed by atoms with Crippen LogP contribution in [-0.2, 0) is 15.1 Å². The second kappa shape index (κ2) is 7.45. The minimum absolute atomic E-state index is 0.105. The first-order valence-corrected chi connectivity index (χ1v) is 8.12. The van der Waals surface area contributed by atoms with Crippen molar-refractivity contribution in [2.45, 2.75) is 0 Å². The molecular formula is C15H11N2O7S-. The highest BCUT2D eigenvalue weighted by Gasteiger charge is 2.14. The largest absolute Gasteiger partial charge is 0.545 e. The number of anilines is 1. The fourth-order valence-corrected chi connectivity index (χ4v) is 2.61. The molecule has 9 nitrogen and oxygen atoms in total. The van der Waals surface area contributed by atoms with Crippen molar-refractivity contribution in [3.8, 4) is 5.75 Å². The molecule has 0 unspecified atom stereocenters. The molecule has 0 bridgehead atoms. The van der Waals surface area contributed by atoms with Gasteiger partial charge < -0.3 is 14.1 Å². The van der Waals surface area contributed by atoms with Crippen molar-refractivity contribution in [1.82, 2.24) is 0 Å². The molecule has 130 valence electrons. The first-order valence-electron chi connectivity index (χ1n) is 6.71. The van der Waals surface area contributed by atoms with Crippen LogP contribution in [0.1, 0.15) is 5.56 Å². The van der Waals surface area contributed by atoms with Crippen LogP contribution in [0.25, 0.3) is 6.08 Å². The van der Waals surface area contributed by atoms with Crippen LogP contribution >= 0.6 is 0 Å². The molecule has 0 aliphatic rings. The van der Waals surface area contributed by atoms with Gasteiger partial charge in [0.25, 0.3) is 5.69 Å². The van der Waals surface area contributed by atoms with Gasteiger partial charge in [0.15, 0.2) is 0 Å². The van der Waals surface area contributed by atoms with Crippen LogP contribution in [0, 0.1) is 10.1 Å². The minimum atomic E-state index is -4.24. The SMILES string of the molecule is O=C([O-])/C=C/c1cccc(NS(=O)(=O)Oc2ccc([N+](=O)[O-])cc2)c1. The zero-order valence-corrected chi connectivity index (χ0v) is 13.3. The van der Waals surface area contributed by atoms with Crippen LogP contribution in [0.3, 0.4) is 0 Å². The van der Waals surface area contributed by atoms with E-state index in [1.165, 1.54) is 24.3 Å². The minimum Gasteiger partial charge on any atom is -0.545 e. The summed E-state index contributed by atoms with van der Waals surface area (Å²) in [4.78, 5) is 20.3. The molecule has 0 fully saturated rings. The smallest absolute Gasteiger partial charge is 0.407 e. The normalized spacial score (nSPS) is 11.2. The molecule has 0 atom stereocenters. The standard InChI is InChI=1S/C15H12N2O7S/c18-15(19)9-4-11-2-1-3-12(10-11)16-25(22,23)24-14-7-5-13(6-8-14)17(20)21/h1-10,16H,(H,18,19)/p-1/b9-4+. The van der Waals surface area contributed by atoms with Crippen molar-refractivity contribution in [2.24, 2.45) is 0 Å². The Morgan fingerprint density at radius 3 is 2.44 bits per heavy atom. The molecular weight excluding hydrogens is 352 g/mol. The van der Waals surface area contributed by atoms with Gasteiger partial charge in [0.1, 0.15) is 5.75 Å². The summed E-state index contributed by atoms with van der Waals surface area (Å²) in [6, 6.07) is 10.4. The summed E-state index contributed by atoms with van der Waals surface area (Å²) in [5.41, 5.74) is 0.368. The molecule has 0 aliphatic heterocycles. The quantitative estimate of drug-likeness (QED) is 0.441. The summed E-state index contributed by atoms with van der Waals surface area (Å²) in [6.45, 7) is 0. The van der Waals surface area contributed by atoms with Crippen LogP contribution in [0.2, 0.25) is 0 Å². The third kappa shape index (κ3) is 5.62. The van der Waals surface area contributed by atoms with E-state index >= 15 is 0 Å². The van der Waals surface area contributed by atoms with E-state index < -0.39 is 21.2 Å². The molecule has 0 saturated heterocycles. The van der Waals surface area contributed by atoms with E-state index in [-0.39, 0.29) is 17.1 Å². The number of aliphatic carboxylic acids is 1. The van der Waals surface area contributed by atoms with E-state index in [0.29, 0.717) is 5.56 Å². The van der Waals surface area contributed by atoms with Crippen molar-refractivity contribution in [2.75, 3.05) is 4.72 Å². The lowest BCUT2D eigenvalue weighted by Crippen LogP contribution is -2.19. The van der Waals surface area contributed by atoms with E-state index in [1.54, 1.807) is 6.07 Å². The number of nitro benzene ring substituents is 1. The van der Waals surface area contributed by atoms with E-state index in [9.17, 15) is 28.4 Å². The Kier molecular flexibility index (Phi) is 5.35. The van der Waals surface area contributed by atoms with Crippen LogP contribution in [0.15, 0.2) is 54.6 Å². The van der Waals surface area contributed by atoms with Crippen molar-refractivity contribution in [3.63, 3.8) is 0 Å². The topological polar surface area (TPSA) is 139 Å². The van der Waals surface area contributed by atoms with Gasteiger partial charge in [0, 0.05) is 12.1 Å². The third-order valence-corrected chi connectivity index (χ3v) is 3.69. The highest BCUT2D eigenvalue weighted by molar-refractivity contribution is 7.88. The lowest BCUT2D eigenvalue weighted by molar-refractivity contribution is -0.384. The van der Waals surface area contributed by atoms with Gasteiger partial charge in [-0.15, -0.1) is 0 Å². The number of hydrogen-bond donors (Lipinski definition) is 1. The van der Waals surface area contributed by atoms with E-state index in [1.807, 2.05) is 0 Å². The van der Waals surface area contributed by atoms with Gasteiger partial charge in [-0.2, -0.15) is 8.42 Å². The summed E-state index contributed by atoms with van der Waals surface area (Å²) in [7, 11) is -4.24. The fourth-order valence-electron chi connectivity index (χ4n) is 1.79. The number of non-ortho nitro benzene ring substituents is 1. The number of carboxylic acid groups (broad SMARTS) is 1. The number of rotatable bonds is 7. The van der Waals surface area contributed by atoms with Crippen molar-refractivity contribution >= 4 is 33.7 Å². The Balaban J connectivity index is 2.11. The van der Waals surface area contributed by atoms with Crippen molar-refractivity contribution < 1.29 is 27.4 Å². The molecule has 1 N–H and O–H groups in total. The lowest BCUT2D eigenvalue weighted by Gasteiger charge is -2.09. The number of carbonyl (C=O) groups excluding carboxylic acids is 1. The van der Waals surface area contributed by atoms with Gasteiger partial charge in [-0.25, -0.2) is 0 Å². The maximum Gasteiger partial charge on any atom is 0.407 e. The number of carbonyl (C=O) groups is 1. The van der Waals surface area contributed by atoms with E-state index in [4.69, 9.17) is 4.18 Å². The zero-order valence-electron chi connectivity index (χ0n) is 12.5. The molecule has 0 aliphatic carbocycles. The summed E-state index contributed by atoms with van der Waals surface area (Å²) in [6.07, 6.45) is 2.05. The van der Waals surface area contributed by atoms with Crippen LogP contribution < -0.4 is 14.0 Å². The highest BCUT2D eigenvalue weighted by atomic mass is 32.2. The van der Waals surface area contributed by atoms with Crippen LogP contribution in [0.5, 0.6) is 5.75 Å². The second-order valence-electron chi connectivity index (χ2n) is 4.67. The maximum absolute atomic E-state index is 12.0. The van der Waals surface area contributed by atoms with Gasteiger partial charge in [-0.05, 0) is 35.9 Å². The van der Waals surface area contributed by atoms with Gasteiger partial charge in [-0.3, -0.25) is 14.8 Å². The summed E-state index contributed by atoms with van der Waals surface area (Å²) >= 11 is 0. The van der Waals surface area contributed by atoms with Crippen molar-refractivity contribution in [1.29, 1.82) is 0 Å². The predicted molar refractivity (Wildman–Crippen MR) is 86.7 cm³/mol. The number of benzene rings is 2. The van der Waals surface area contributed by atoms with Gasteiger partial charge in [0.2, 0.25) is 0 Å². The molecule has 10 heteroatoms. The molecule has 0 spiro atoms. The Bertz CT molecular complexity index is 921. The van der Waals surface area contributed by atoms with Gasteiger partial charge in [-0.1, -0.05) is 18.2 Å². The predicted octanol–water partition coefficient (Wildman–Crippen LogP) is 1.09. The Hall–Kier alpha value is -3.40. The number of nitro groups is 1. The molecule has 0 aromatic heterocycles. The Morgan fingerprint density at radius 2 is 1.84 bits per heavy atom. The fraction of sp³-hybridized carbons (Fsp3) is 0. The number of nitrogens with one attached hydrogen (secondary N) is 1. The summed E-state index contributed by atoms with van der Waals surface area (Å²) in [5, 5.41) is 20.9. The average Bonchev–Trinajstić information content (AvgIpc) is 2.53. The highest BCUT2D eigenvalue weighted by Crippen LogP contribution is 2.20. The molecule has 25 heavy (non-hydrogen) atoms. The Morgan fingerprint density at radius 1 is 1.16 bits per heavy atom. The van der Waals surface area contributed by atoms with Crippen LogP contribution in [-0.4, -0.2) is 19.3 Å². The second-order valence-corrected chi connectivity index (χ2v) is 5.95. The number of carboxylic acids is 1. The average molecular weight is 363 g/mol. The molecule has 2 aromatic carbocycles. The molecule has 0 heterocycles. The molecule has 0 saturated carbocycles. The molecule has 2 aromatic rings. The van der Waals surface area contributed by atoms with Gasteiger partial charge in [0.05, 0.1) is 16.6 Å². The van der Waals surface area contributed by atoms with Gasteiger partial charge >= 0.3 is 10.3 Å². The molecule has 0 radical (unpaired) electrons. The summed E-state index contributed by atoms with van der Waals surface area (Å²) < 4.78 is 30.9.